The van der Waals surface area contributed by atoms with Crippen LogP contribution in [0.15, 0.2) is 53.1 Å². The van der Waals surface area contributed by atoms with Crippen molar-refractivity contribution in [1.29, 1.82) is 0 Å². The zero-order valence-corrected chi connectivity index (χ0v) is 17.8. The number of rotatable bonds is 5. The second-order valence-corrected chi connectivity index (χ2v) is 7.65. The molecule has 8 nitrogen and oxygen atoms in total. The number of carbonyl (C=O) groups is 2. The summed E-state index contributed by atoms with van der Waals surface area (Å²) in [6.07, 6.45) is 2.59. The van der Waals surface area contributed by atoms with Crippen LogP contribution < -0.4 is 5.32 Å². The van der Waals surface area contributed by atoms with Crippen LogP contribution in [0.5, 0.6) is 0 Å². The second kappa shape index (κ2) is 9.26. The Balaban J connectivity index is 1.49. The van der Waals surface area contributed by atoms with Crippen molar-refractivity contribution >= 4 is 23.6 Å². The molecule has 1 aliphatic heterocycles. The van der Waals surface area contributed by atoms with Gasteiger partial charge < -0.3 is 19.4 Å². The SMILES string of the molecule is CCOC(=O)N1CCC(NC(=O)c2cc(-c3ccco3)n(-c3ccc(Cl)cc3)n2)CC1. The zero-order chi connectivity index (χ0) is 21.8. The van der Waals surface area contributed by atoms with Crippen LogP contribution in [-0.2, 0) is 4.74 Å². The van der Waals surface area contributed by atoms with Gasteiger partial charge in [0.15, 0.2) is 11.5 Å². The van der Waals surface area contributed by atoms with Gasteiger partial charge >= 0.3 is 6.09 Å². The molecule has 3 aromatic rings. The summed E-state index contributed by atoms with van der Waals surface area (Å²) in [5.41, 5.74) is 1.71. The largest absolute Gasteiger partial charge is 0.463 e. The van der Waals surface area contributed by atoms with E-state index in [1.54, 1.807) is 47.0 Å². The molecule has 0 saturated carbocycles. The highest BCUT2D eigenvalue weighted by molar-refractivity contribution is 6.30. The van der Waals surface area contributed by atoms with Crippen molar-refractivity contribution in [2.75, 3.05) is 19.7 Å². The summed E-state index contributed by atoms with van der Waals surface area (Å²) in [6.45, 7) is 3.22. The molecule has 0 bridgehead atoms. The maximum absolute atomic E-state index is 12.9. The summed E-state index contributed by atoms with van der Waals surface area (Å²) >= 11 is 6.01. The highest BCUT2D eigenvalue weighted by Gasteiger charge is 2.26. The van der Waals surface area contributed by atoms with E-state index in [1.165, 1.54) is 0 Å². The number of furan rings is 1. The third-order valence-corrected chi connectivity index (χ3v) is 5.39. The van der Waals surface area contributed by atoms with Gasteiger partial charge in [-0.1, -0.05) is 11.6 Å². The number of amides is 2. The van der Waals surface area contributed by atoms with Gasteiger partial charge in [-0.25, -0.2) is 9.48 Å². The van der Waals surface area contributed by atoms with Gasteiger partial charge in [0.1, 0.15) is 5.69 Å². The van der Waals surface area contributed by atoms with Crippen LogP contribution in [-0.4, -0.2) is 52.4 Å². The Kier molecular flexibility index (Phi) is 6.27. The fraction of sp³-hybridized carbons (Fsp3) is 0.318. The van der Waals surface area contributed by atoms with Gasteiger partial charge in [-0.15, -0.1) is 0 Å². The van der Waals surface area contributed by atoms with Crippen molar-refractivity contribution in [1.82, 2.24) is 20.0 Å². The molecule has 2 amide bonds. The molecular weight excluding hydrogens is 420 g/mol. The Morgan fingerprint density at radius 3 is 2.61 bits per heavy atom. The Labute approximate surface area is 184 Å². The van der Waals surface area contributed by atoms with E-state index in [4.69, 9.17) is 20.8 Å². The molecule has 3 heterocycles. The molecule has 0 unspecified atom stereocenters. The molecule has 1 fully saturated rings. The van der Waals surface area contributed by atoms with Crippen molar-refractivity contribution < 1.29 is 18.7 Å². The standard InChI is InChI=1S/C22H23ClN4O4/c1-2-30-22(29)26-11-9-16(10-12-26)24-21(28)18-14-19(20-4-3-13-31-20)27(25-18)17-7-5-15(23)6-8-17/h3-8,13-14,16H,2,9-12H2,1H3,(H,24,28). The number of hydrogen-bond donors (Lipinski definition) is 1. The van der Waals surface area contributed by atoms with Crippen LogP contribution in [0.3, 0.4) is 0 Å². The normalized spacial score (nSPS) is 14.5. The predicted octanol–water partition coefficient (Wildman–Crippen LogP) is 4.14. The van der Waals surface area contributed by atoms with E-state index in [-0.39, 0.29) is 23.7 Å². The van der Waals surface area contributed by atoms with Crippen LogP contribution in [0.2, 0.25) is 5.02 Å². The number of nitrogens with zero attached hydrogens (tertiary/aromatic N) is 3. The lowest BCUT2D eigenvalue weighted by atomic mass is 10.1. The van der Waals surface area contributed by atoms with E-state index >= 15 is 0 Å². The molecule has 2 aromatic heterocycles. The van der Waals surface area contributed by atoms with Crippen LogP contribution in [0, 0.1) is 0 Å². The Hall–Kier alpha value is -3.26. The van der Waals surface area contributed by atoms with Gasteiger partial charge in [0.25, 0.3) is 5.91 Å². The summed E-state index contributed by atoms with van der Waals surface area (Å²) in [6, 6.07) is 12.5. The summed E-state index contributed by atoms with van der Waals surface area (Å²) in [5.74, 6) is 0.333. The Morgan fingerprint density at radius 2 is 1.97 bits per heavy atom. The molecule has 9 heteroatoms. The quantitative estimate of drug-likeness (QED) is 0.641. The Bertz CT molecular complexity index is 1040. The molecule has 31 heavy (non-hydrogen) atoms. The van der Waals surface area contributed by atoms with Crippen LogP contribution >= 0.6 is 11.6 Å². The second-order valence-electron chi connectivity index (χ2n) is 7.21. The van der Waals surface area contributed by atoms with Crippen molar-refractivity contribution in [2.45, 2.75) is 25.8 Å². The molecular formula is C22H23ClN4O4. The van der Waals surface area contributed by atoms with Crippen molar-refractivity contribution in [3.05, 3.63) is 59.4 Å². The monoisotopic (exact) mass is 442 g/mol. The third kappa shape index (κ3) is 4.74. The van der Waals surface area contributed by atoms with Crippen molar-refractivity contribution in [2.24, 2.45) is 0 Å². The molecule has 4 rings (SSSR count). The van der Waals surface area contributed by atoms with E-state index in [0.29, 0.717) is 49.0 Å². The molecule has 162 valence electrons. The predicted molar refractivity (Wildman–Crippen MR) is 115 cm³/mol. The molecule has 0 spiro atoms. The number of benzene rings is 1. The molecule has 0 radical (unpaired) electrons. The van der Waals surface area contributed by atoms with E-state index in [2.05, 4.69) is 10.4 Å². The van der Waals surface area contributed by atoms with Crippen molar-refractivity contribution in [3.63, 3.8) is 0 Å². The average molecular weight is 443 g/mol. The third-order valence-electron chi connectivity index (χ3n) is 5.14. The lowest BCUT2D eigenvalue weighted by Crippen LogP contribution is -2.46. The molecule has 0 atom stereocenters. The topological polar surface area (TPSA) is 89.6 Å². The van der Waals surface area contributed by atoms with Crippen LogP contribution in [0.1, 0.15) is 30.3 Å². The van der Waals surface area contributed by atoms with Gasteiger partial charge in [0.05, 0.1) is 18.6 Å². The maximum Gasteiger partial charge on any atom is 0.409 e. The lowest BCUT2D eigenvalue weighted by molar-refractivity contribution is 0.0856. The van der Waals surface area contributed by atoms with Crippen molar-refractivity contribution in [3.8, 4) is 17.1 Å². The first kappa shape index (κ1) is 21.0. The number of nitrogens with one attached hydrogen (secondary N) is 1. The minimum absolute atomic E-state index is 0.0362. The van der Waals surface area contributed by atoms with Crippen LogP contribution in [0.4, 0.5) is 4.79 Å². The van der Waals surface area contributed by atoms with E-state index in [9.17, 15) is 9.59 Å². The lowest BCUT2D eigenvalue weighted by Gasteiger charge is -2.31. The number of hydrogen-bond acceptors (Lipinski definition) is 5. The number of carbonyl (C=O) groups excluding carboxylic acids is 2. The number of likely N-dealkylation sites (tertiary alicyclic amines) is 1. The molecule has 0 aliphatic carbocycles. The van der Waals surface area contributed by atoms with Gasteiger partial charge in [-0.2, -0.15) is 5.10 Å². The van der Waals surface area contributed by atoms with E-state index in [1.807, 2.05) is 18.2 Å². The smallest absolute Gasteiger partial charge is 0.409 e. The summed E-state index contributed by atoms with van der Waals surface area (Å²) in [4.78, 5) is 26.4. The minimum atomic E-state index is -0.308. The summed E-state index contributed by atoms with van der Waals surface area (Å²) in [7, 11) is 0. The van der Waals surface area contributed by atoms with Gasteiger partial charge in [0, 0.05) is 30.2 Å². The minimum Gasteiger partial charge on any atom is -0.463 e. The fourth-order valence-corrected chi connectivity index (χ4v) is 3.68. The van der Waals surface area contributed by atoms with E-state index < -0.39 is 0 Å². The highest BCUT2D eigenvalue weighted by atomic mass is 35.5. The maximum atomic E-state index is 12.9. The first-order valence-corrected chi connectivity index (χ1v) is 10.6. The average Bonchev–Trinajstić information content (AvgIpc) is 3.45. The number of piperidine rings is 1. The fourth-order valence-electron chi connectivity index (χ4n) is 3.55. The zero-order valence-electron chi connectivity index (χ0n) is 17.1. The first-order chi connectivity index (χ1) is 15.0. The number of ether oxygens (including phenoxy) is 1. The highest BCUT2D eigenvalue weighted by Crippen LogP contribution is 2.25. The summed E-state index contributed by atoms with van der Waals surface area (Å²) < 4.78 is 12.2. The first-order valence-electron chi connectivity index (χ1n) is 10.2. The Morgan fingerprint density at radius 1 is 1.23 bits per heavy atom. The number of halogens is 1. The molecule has 1 saturated heterocycles. The molecule has 1 aromatic carbocycles. The van der Waals surface area contributed by atoms with Gasteiger partial charge in [-0.3, -0.25) is 4.79 Å². The van der Waals surface area contributed by atoms with Gasteiger partial charge in [-0.05, 0) is 56.2 Å². The van der Waals surface area contributed by atoms with Gasteiger partial charge in [0.2, 0.25) is 0 Å². The van der Waals surface area contributed by atoms with E-state index in [0.717, 1.165) is 5.69 Å². The molecule has 1 aliphatic rings. The molecule has 1 N–H and O–H groups in total. The summed E-state index contributed by atoms with van der Waals surface area (Å²) in [5, 5.41) is 8.16. The number of aromatic nitrogens is 2. The van der Waals surface area contributed by atoms with Crippen LogP contribution in [0.25, 0.3) is 17.1 Å².